The molecular formula is C20H31N3O2. The van der Waals surface area contributed by atoms with Gasteiger partial charge in [-0.05, 0) is 57.1 Å². The summed E-state index contributed by atoms with van der Waals surface area (Å²) in [6, 6.07) is 6.18. The lowest BCUT2D eigenvalue weighted by Crippen LogP contribution is -2.49. The molecule has 4 atom stereocenters. The first-order valence-electron chi connectivity index (χ1n) is 9.69. The van der Waals surface area contributed by atoms with Gasteiger partial charge >= 0.3 is 6.03 Å². The average Bonchev–Trinajstić information content (AvgIpc) is 3.06. The topological polar surface area (TPSA) is 65.5 Å². The van der Waals surface area contributed by atoms with Crippen molar-refractivity contribution in [2.45, 2.75) is 64.5 Å². The molecule has 0 spiro atoms. The lowest BCUT2D eigenvalue weighted by atomic mass is 9.76. The first kappa shape index (κ1) is 18.2. The largest absolute Gasteiger partial charge is 0.393 e. The van der Waals surface area contributed by atoms with Crippen LogP contribution in [0, 0.1) is 18.8 Å². The van der Waals surface area contributed by atoms with E-state index in [1.807, 2.05) is 30.0 Å². The average molecular weight is 345 g/mol. The lowest BCUT2D eigenvalue weighted by Gasteiger charge is -2.39. The number of likely N-dealkylation sites (tertiary alicyclic amines) is 1. The molecule has 5 nitrogen and oxygen atoms in total. The van der Waals surface area contributed by atoms with Crippen molar-refractivity contribution in [2.24, 2.45) is 11.8 Å². The highest BCUT2D eigenvalue weighted by Crippen LogP contribution is 2.37. The fraction of sp³-hybridized carbons (Fsp3) is 0.700. The number of nitrogens with one attached hydrogen (secondary N) is 1. The van der Waals surface area contributed by atoms with Gasteiger partial charge in [-0.25, -0.2) is 4.79 Å². The molecule has 138 valence electrons. The van der Waals surface area contributed by atoms with E-state index in [0.29, 0.717) is 12.5 Å². The Labute approximate surface area is 150 Å². The molecule has 0 aromatic carbocycles. The molecule has 2 heterocycles. The number of hydrogen-bond donors (Lipinski definition) is 2. The van der Waals surface area contributed by atoms with Gasteiger partial charge in [0.1, 0.15) is 0 Å². The van der Waals surface area contributed by atoms with E-state index in [2.05, 4.69) is 17.2 Å². The van der Waals surface area contributed by atoms with Crippen LogP contribution in [0.2, 0.25) is 0 Å². The van der Waals surface area contributed by atoms with Crippen LogP contribution >= 0.6 is 0 Å². The number of aromatic nitrogens is 1. The van der Waals surface area contributed by atoms with Crippen LogP contribution in [0.15, 0.2) is 18.2 Å². The Balaban J connectivity index is 1.53. The molecule has 2 fully saturated rings. The zero-order valence-corrected chi connectivity index (χ0v) is 15.4. The molecule has 2 aliphatic rings. The standard InChI is InChI=1S/C20H31N3O2/c1-14-8-9-19(24)17(13-14)18-7-4-12-23(18)20(25)21-11-10-16-6-3-5-15(2)22-16/h3,5-6,14,17-19,24H,4,7-13H2,1-2H3,(H,21,25)/t14-,17-,18+,19-/m0/s1. The highest BCUT2D eigenvalue weighted by atomic mass is 16.3. The molecule has 0 unspecified atom stereocenters. The van der Waals surface area contributed by atoms with E-state index in [1.54, 1.807) is 0 Å². The van der Waals surface area contributed by atoms with Crippen LogP contribution in [0.25, 0.3) is 0 Å². The molecular weight excluding hydrogens is 314 g/mol. The van der Waals surface area contributed by atoms with E-state index < -0.39 is 0 Å². The lowest BCUT2D eigenvalue weighted by molar-refractivity contribution is 0.0153. The molecule has 3 rings (SSSR count). The smallest absolute Gasteiger partial charge is 0.317 e. The number of rotatable bonds is 4. The second-order valence-corrected chi connectivity index (χ2v) is 7.80. The van der Waals surface area contributed by atoms with Crippen LogP contribution in [0.3, 0.4) is 0 Å². The van der Waals surface area contributed by atoms with Crippen molar-refractivity contribution >= 4 is 6.03 Å². The van der Waals surface area contributed by atoms with Crippen molar-refractivity contribution in [3.8, 4) is 0 Å². The van der Waals surface area contributed by atoms with Crippen LogP contribution in [0.1, 0.15) is 50.4 Å². The number of carbonyl (C=O) groups is 1. The van der Waals surface area contributed by atoms with Crippen molar-refractivity contribution in [3.63, 3.8) is 0 Å². The van der Waals surface area contributed by atoms with Gasteiger partial charge in [0.25, 0.3) is 0 Å². The number of amides is 2. The maximum absolute atomic E-state index is 12.7. The molecule has 0 radical (unpaired) electrons. The highest BCUT2D eigenvalue weighted by molar-refractivity contribution is 5.74. The maximum atomic E-state index is 12.7. The monoisotopic (exact) mass is 345 g/mol. The number of aliphatic hydroxyl groups is 1. The first-order valence-corrected chi connectivity index (χ1v) is 9.69. The van der Waals surface area contributed by atoms with Gasteiger partial charge < -0.3 is 15.3 Å². The number of pyridine rings is 1. The Bertz CT molecular complexity index is 592. The molecule has 1 aliphatic carbocycles. The minimum Gasteiger partial charge on any atom is -0.393 e. The van der Waals surface area contributed by atoms with Gasteiger partial charge in [0.05, 0.1) is 6.10 Å². The molecule has 0 bridgehead atoms. The number of hydrogen-bond acceptors (Lipinski definition) is 3. The highest BCUT2D eigenvalue weighted by Gasteiger charge is 2.40. The number of urea groups is 1. The number of nitrogens with zero attached hydrogens (tertiary/aromatic N) is 2. The Morgan fingerprint density at radius 1 is 1.36 bits per heavy atom. The summed E-state index contributed by atoms with van der Waals surface area (Å²) in [4.78, 5) is 19.1. The third kappa shape index (κ3) is 4.51. The quantitative estimate of drug-likeness (QED) is 0.882. The second-order valence-electron chi connectivity index (χ2n) is 7.80. The van der Waals surface area contributed by atoms with E-state index in [4.69, 9.17) is 0 Å². The van der Waals surface area contributed by atoms with Crippen molar-refractivity contribution in [2.75, 3.05) is 13.1 Å². The van der Waals surface area contributed by atoms with E-state index in [0.717, 1.165) is 56.5 Å². The Hall–Kier alpha value is -1.62. The van der Waals surface area contributed by atoms with E-state index in [1.165, 1.54) is 0 Å². The van der Waals surface area contributed by atoms with Gasteiger partial charge in [-0.2, -0.15) is 0 Å². The Morgan fingerprint density at radius 2 is 2.20 bits per heavy atom. The molecule has 25 heavy (non-hydrogen) atoms. The predicted octanol–water partition coefficient (Wildman–Crippen LogP) is 2.90. The summed E-state index contributed by atoms with van der Waals surface area (Å²) in [6.07, 6.45) is 5.54. The fourth-order valence-electron chi connectivity index (χ4n) is 4.45. The van der Waals surface area contributed by atoms with Gasteiger partial charge in [0, 0.05) is 42.9 Å². The summed E-state index contributed by atoms with van der Waals surface area (Å²) in [5.41, 5.74) is 2.01. The van der Waals surface area contributed by atoms with Crippen molar-refractivity contribution in [1.82, 2.24) is 15.2 Å². The van der Waals surface area contributed by atoms with Crippen molar-refractivity contribution < 1.29 is 9.90 Å². The number of carbonyl (C=O) groups excluding carboxylic acids is 1. The molecule has 1 aromatic heterocycles. The third-order valence-electron chi connectivity index (χ3n) is 5.78. The van der Waals surface area contributed by atoms with Crippen molar-refractivity contribution in [3.05, 3.63) is 29.6 Å². The molecule has 1 saturated heterocycles. The van der Waals surface area contributed by atoms with Gasteiger partial charge in [0.2, 0.25) is 0 Å². The normalized spacial score (nSPS) is 29.6. The summed E-state index contributed by atoms with van der Waals surface area (Å²) < 4.78 is 0. The molecule has 5 heteroatoms. The SMILES string of the molecule is Cc1cccc(CCNC(=O)N2CCC[C@@H]2[C@@H]2C[C@@H](C)CC[C@@H]2O)n1. The molecule has 2 amide bonds. The van der Waals surface area contributed by atoms with E-state index >= 15 is 0 Å². The van der Waals surface area contributed by atoms with Crippen LogP contribution < -0.4 is 5.32 Å². The Kier molecular flexibility index (Phi) is 5.94. The van der Waals surface area contributed by atoms with E-state index in [9.17, 15) is 9.90 Å². The summed E-state index contributed by atoms with van der Waals surface area (Å²) >= 11 is 0. The maximum Gasteiger partial charge on any atom is 0.317 e. The zero-order valence-electron chi connectivity index (χ0n) is 15.4. The minimum absolute atomic E-state index is 0.0144. The van der Waals surface area contributed by atoms with Gasteiger partial charge in [-0.15, -0.1) is 0 Å². The van der Waals surface area contributed by atoms with Crippen LogP contribution in [0.5, 0.6) is 0 Å². The van der Waals surface area contributed by atoms with Gasteiger partial charge in [-0.3, -0.25) is 4.98 Å². The predicted molar refractivity (Wildman–Crippen MR) is 98.3 cm³/mol. The van der Waals surface area contributed by atoms with Crippen LogP contribution in [-0.4, -0.2) is 46.3 Å². The summed E-state index contributed by atoms with van der Waals surface area (Å²) in [5.74, 6) is 0.877. The minimum atomic E-state index is -0.258. The third-order valence-corrected chi connectivity index (χ3v) is 5.78. The zero-order chi connectivity index (χ0) is 17.8. The Morgan fingerprint density at radius 3 is 3.00 bits per heavy atom. The second kappa shape index (κ2) is 8.17. The molecule has 1 saturated carbocycles. The van der Waals surface area contributed by atoms with Gasteiger partial charge in [-0.1, -0.05) is 13.0 Å². The molecule has 1 aromatic rings. The number of aliphatic hydroxyl groups excluding tert-OH is 1. The van der Waals surface area contributed by atoms with Crippen LogP contribution in [-0.2, 0) is 6.42 Å². The molecule has 2 N–H and O–H groups in total. The van der Waals surface area contributed by atoms with E-state index in [-0.39, 0.29) is 24.1 Å². The summed E-state index contributed by atoms with van der Waals surface area (Å²) in [6.45, 7) is 5.64. The summed E-state index contributed by atoms with van der Waals surface area (Å²) in [7, 11) is 0. The van der Waals surface area contributed by atoms with Gasteiger partial charge in [0.15, 0.2) is 0 Å². The van der Waals surface area contributed by atoms with Crippen molar-refractivity contribution in [1.29, 1.82) is 0 Å². The number of aryl methyl sites for hydroxylation is 1. The molecule has 1 aliphatic heterocycles. The fourth-order valence-corrected chi connectivity index (χ4v) is 4.45. The summed E-state index contributed by atoms with van der Waals surface area (Å²) in [5, 5.41) is 13.5. The first-order chi connectivity index (χ1) is 12.0. The van der Waals surface area contributed by atoms with Crippen LogP contribution in [0.4, 0.5) is 4.79 Å².